The van der Waals surface area contributed by atoms with Crippen molar-refractivity contribution in [2.24, 2.45) is 0 Å². The van der Waals surface area contributed by atoms with E-state index in [9.17, 15) is 14.4 Å². The van der Waals surface area contributed by atoms with Crippen molar-refractivity contribution in [2.75, 3.05) is 32.6 Å². The van der Waals surface area contributed by atoms with Crippen LogP contribution in [0.1, 0.15) is 44.1 Å². The molecule has 1 aliphatic heterocycles. The maximum Gasteiger partial charge on any atom is 0.325 e. The second kappa shape index (κ2) is 8.20. The molecule has 28 heavy (non-hydrogen) atoms. The van der Waals surface area contributed by atoms with Gasteiger partial charge in [-0.3, -0.25) is 14.5 Å². The zero-order chi connectivity index (χ0) is 20.3. The van der Waals surface area contributed by atoms with Gasteiger partial charge in [0.05, 0.1) is 0 Å². The topological polar surface area (TPSA) is 73.0 Å². The van der Waals surface area contributed by atoms with Gasteiger partial charge in [0.15, 0.2) is 0 Å². The van der Waals surface area contributed by atoms with E-state index in [1.807, 2.05) is 43.3 Å². The van der Waals surface area contributed by atoms with Crippen molar-refractivity contribution in [3.05, 3.63) is 29.8 Å². The Morgan fingerprint density at radius 1 is 1.04 bits per heavy atom. The van der Waals surface area contributed by atoms with Gasteiger partial charge in [-0.2, -0.15) is 0 Å². The van der Waals surface area contributed by atoms with E-state index in [1.54, 1.807) is 11.9 Å². The number of likely N-dealkylation sites (N-methyl/N-ethyl adjacent to an activating group) is 1. The molecule has 0 unspecified atom stereocenters. The number of nitrogens with zero attached hydrogens (tertiary/aromatic N) is 3. The summed E-state index contributed by atoms with van der Waals surface area (Å²) in [6.07, 6.45) is 5.35. The van der Waals surface area contributed by atoms with Crippen molar-refractivity contribution in [2.45, 2.75) is 50.6 Å². The van der Waals surface area contributed by atoms with Crippen LogP contribution >= 0.6 is 0 Å². The van der Waals surface area contributed by atoms with Crippen LogP contribution in [0.4, 0.5) is 10.5 Å². The Hall–Kier alpha value is -2.57. The minimum Gasteiger partial charge on any atom is -0.378 e. The molecule has 7 heteroatoms. The second-order valence-electron chi connectivity index (χ2n) is 8.13. The monoisotopic (exact) mass is 386 g/mol. The number of imide groups is 1. The normalized spacial score (nSPS) is 18.8. The van der Waals surface area contributed by atoms with Crippen LogP contribution in [0.3, 0.4) is 0 Å². The fourth-order valence-electron chi connectivity index (χ4n) is 4.01. The van der Waals surface area contributed by atoms with Crippen molar-refractivity contribution < 1.29 is 14.4 Å². The van der Waals surface area contributed by atoms with Gasteiger partial charge in [-0.25, -0.2) is 4.79 Å². The molecule has 0 bridgehead atoms. The van der Waals surface area contributed by atoms with Crippen LogP contribution in [0, 0.1) is 0 Å². The zero-order valence-corrected chi connectivity index (χ0v) is 17.0. The summed E-state index contributed by atoms with van der Waals surface area (Å²) in [5, 5.41) is 2.88. The van der Waals surface area contributed by atoms with Gasteiger partial charge in [-0.05, 0) is 30.5 Å². The minimum absolute atomic E-state index is 0.210. The molecule has 3 rings (SSSR count). The van der Waals surface area contributed by atoms with E-state index >= 15 is 0 Å². The Balaban J connectivity index is 1.61. The Morgan fingerprint density at radius 3 is 2.21 bits per heavy atom. The summed E-state index contributed by atoms with van der Waals surface area (Å²) in [6, 6.07) is 7.52. The van der Waals surface area contributed by atoms with E-state index in [4.69, 9.17) is 0 Å². The molecule has 7 nitrogen and oxygen atoms in total. The number of urea groups is 1. The third kappa shape index (κ3) is 4.13. The molecule has 1 aromatic carbocycles. The summed E-state index contributed by atoms with van der Waals surface area (Å²) in [7, 11) is 5.65. The van der Waals surface area contributed by atoms with Crippen LogP contribution in [0.15, 0.2) is 24.3 Å². The van der Waals surface area contributed by atoms with Crippen molar-refractivity contribution in [3.63, 3.8) is 0 Å². The molecule has 0 atom stereocenters. The molecule has 2 aliphatic rings. The lowest BCUT2D eigenvalue weighted by molar-refractivity contribution is -0.138. The molecule has 1 saturated carbocycles. The van der Waals surface area contributed by atoms with E-state index in [2.05, 4.69) is 5.32 Å². The maximum absolute atomic E-state index is 12.9. The summed E-state index contributed by atoms with van der Waals surface area (Å²) in [5.74, 6) is -0.484. The Bertz CT molecular complexity index is 737. The van der Waals surface area contributed by atoms with Gasteiger partial charge in [-0.1, -0.05) is 37.8 Å². The first-order valence-electron chi connectivity index (χ1n) is 9.97. The first kappa shape index (κ1) is 20.2. The van der Waals surface area contributed by atoms with Crippen LogP contribution < -0.4 is 10.2 Å². The molecule has 4 amide bonds. The van der Waals surface area contributed by atoms with Crippen molar-refractivity contribution in [1.29, 1.82) is 0 Å². The highest BCUT2D eigenvalue weighted by molar-refractivity contribution is 6.09. The number of hydrogen-bond acceptors (Lipinski definition) is 4. The molecule has 1 N–H and O–H groups in total. The molecule has 152 valence electrons. The van der Waals surface area contributed by atoms with Crippen LogP contribution in [-0.4, -0.2) is 60.9 Å². The average Bonchev–Trinajstić information content (AvgIpc) is 2.83. The van der Waals surface area contributed by atoms with Gasteiger partial charge in [0, 0.05) is 33.4 Å². The number of rotatable bonds is 5. The lowest BCUT2D eigenvalue weighted by Crippen LogP contribution is -2.47. The summed E-state index contributed by atoms with van der Waals surface area (Å²) < 4.78 is 0. The van der Waals surface area contributed by atoms with Crippen LogP contribution in [-0.2, 0) is 16.1 Å². The fraction of sp³-hybridized carbons (Fsp3) is 0.571. The highest BCUT2D eigenvalue weighted by atomic mass is 16.2. The van der Waals surface area contributed by atoms with Gasteiger partial charge in [0.2, 0.25) is 5.91 Å². The summed E-state index contributed by atoms with van der Waals surface area (Å²) >= 11 is 0. The third-order valence-electron chi connectivity index (χ3n) is 5.79. The third-order valence-corrected chi connectivity index (χ3v) is 5.79. The van der Waals surface area contributed by atoms with Crippen LogP contribution in [0.25, 0.3) is 0 Å². The molecule has 0 radical (unpaired) electrons. The Labute approximate surface area is 166 Å². The molecule has 1 aromatic rings. The number of carbonyl (C=O) groups is 3. The van der Waals surface area contributed by atoms with Crippen molar-refractivity contribution >= 4 is 23.5 Å². The molecule has 1 spiro atoms. The summed E-state index contributed by atoms with van der Waals surface area (Å²) in [5.41, 5.74) is 1.29. The predicted octanol–water partition coefficient (Wildman–Crippen LogP) is 2.36. The first-order valence-corrected chi connectivity index (χ1v) is 9.97. The first-order chi connectivity index (χ1) is 13.3. The minimum atomic E-state index is -0.797. The lowest BCUT2D eigenvalue weighted by atomic mass is 9.90. The van der Waals surface area contributed by atoms with E-state index in [0.29, 0.717) is 19.4 Å². The largest absolute Gasteiger partial charge is 0.378 e. The summed E-state index contributed by atoms with van der Waals surface area (Å²) in [4.78, 5) is 42.7. The average molecular weight is 386 g/mol. The van der Waals surface area contributed by atoms with Gasteiger partial charge in [-0.15, -0.1) is 0 Å². The second-order valence-corrected chi connectivity index (χ2v) is 8.13. The Kier molecular flexibility index (Phi) is 5.91. The smallest absolute Gasteiger partial charge is 0.325 e. The molecular weight excluding hydrogens is 356 g/mol. The molecule has 1 heterocycles. The summed E-state index contributed by atoms with van der Waals surface area (Å²) in [6.45, 7) is 0.222. The molecular formula is C21H30N4O3. The number of benzene rings is 1. The van der Waals surface area contributed by atoms with Crippen molar-refractivity contribution in [3.8, 4) is 0 Å². The number of amides is 4. The predicted molar refractivity (Wildman–Crippen MR) is 108 cm³/mol. The van der Waals surface area contributed by atoms with Crippen molar-refractivity contribution in [1.82, 2.24) is 15.1 Å². The highest BCUT2D eigenvalue weighted by Gasteiger charge is 2.51. The number of carbonyl (C=O) groups excluding carboxylic acids is 3. The van der Waals surface area contributed by atoms with Gasteiger partial charge < -0.3 is 15.1 Å². The van der Waals surface area contributed by atoms with Gasteiger partial charge >= 0.3 is 6.03 Å². The quantitative estimate of drug-likeness (QED) is 0.789. The SMILES string of the molecule is CN(Cc1ccc(N(C)C)cc1)C(=O)CN1C(=O)NC2(CCCCCC2)C1=O. The number of anilines is 1. The van der Waals surface area contributed by atoms with Crippen LogP contribution in [0.2, 0.25) is 0 Å². The number of hydrogen-bond donors (Lipinski definition) is 1. The zero-order valence-electron chi connectivity index (χ0n) is 17.0. The molecule has 0 aromatic heterocycles. The van der Waals surface area contributed by atoms with E-state index in [1.165, 1.54) is 0 Å². The van der Waals surface area contributed by atoms with Crippen LogP contribution in [0.5, 0.6) is 0 Å². The standard InChI is InChI=1S/C21H30N4O3/c1-23(2)17-10-8-16(9-11-17)14-24(3)18(26)15-25-19(27)21(22-20(25)28)12-6-4-5-7-13-21/h8-11H,4-7,12-15H2,1-3H3,(H,22,28). The highest BCUT2D eigenvalue weighted by Crippen LogP contribution is 2.32. The molecule has 1 aliphatic carbocycles. The van der Waals surface area contributed by atoms with E-state index in [0.717, 1.165) is 41.8 Å². The maximum atomic E-state index is 12.9. The van der Waals surface area contributed by atoms with Gasteiger partial charge in [0.25, 0.3) is 5.91 Å². The lowest BCUT2D eigenvalue weighted by Gasteiger charge is -2.25. The van der Waals surface area contributed by atoms with Gasteiger partial charge in [0.1, 0.15) is 12.1 Å². The molecule has 2 fully saturated rings. The van der Waals surface area contributed by atoms with E-state index in [-0.39, 0.29) is 18.4 Å². The molecule has 1 saturated heterocycles. The Morgan fingerprint density at radius 2 is 1.64 bits per heavy atom. The number of nitrogens with one attached hydrogen (secondary N) is 1. The fourth-order valence-corrected chi connectivity index (χ4v) is 4.01. The van der Waals surface area contributed by atoms with E-state index < -0.39 is 11.6 Å².